The summed E-state index contributed by atoms with van der Waals surface area (Å²) >= 11 is 0. The number of hydrogen-bond acceptors (Lipinski definition) is 2. The van der Waals surface area contributed by atoms with Crippen LogP contribution in [0.2, 0.25) is 0 Å². The quantitative estimate of drug-likeness (QED) is 0.783. The van der Waals surface area contributed by atoms with Crippen LogP contribution in [-0.4, -0.2) is 16.9 Å². The van der Waals surface area contributed by atoms with Gasteiger partial charge in [-0.15, -0.1) is 0 Å². The molecule has 0 bridgehead atoms. The van der Waals surface area contributed by atoms with Crippen molar-refractivity contribution in [3.63, 3.8) is 0 Å². The number of carbonyl (C=O) groups is 2. The second-order valence-corrected chi connectivity index (χ2v) is 3.77. The first-order valence-corrected chi connectivity index (χ1v) is 6.47. The standard InChI is InChI=1S/C13H16O3.C2H6/c1-2-4-10-5-3-6-11(9-10)12(14)7-8-13(15)16;1-2/h3,5-6,9H,2,4,7-8H2,1H3,(H,15,16);1-2H3. The van der Waals surface area contributed by atoms with Crippen molar-refractivity contribution >= 4 is 11.8 Å². The smallest absolute Gasteiger partial charge is 0.303 e. The minimum atomic E-state index is -0.932. The van der Waals surface area contributed by atoms with Crippen molar-refractivity contribution in [1.82, 2.24) is 0 Å². The number of Topliss-reactive ketones (excluding diaryl/α,β-unsaturated/α-hetero) is 1. The molecule has 0 saturated heterocycles. The topological polar surface area (TPSA) is 54.4 Å². The Morgan fingerprint density at radius 2 is 1.83 bits per heavy atom. The third kappa shape index (κ3) is 6.18. The molecule has 0 atom stereocenters. The molecule has 0 aliphatic carbocycles. The molecule has 1 aromatic carbocycles. The highest BCUT2D eigenvalue weighted by Crippen LogP contribution is 2.10. The predicted octanol–water partition coefficient (Wildman–Crippen LogP) is 3.71. The molecule has 18 heavy (non-hydrogen) atoms. The number of hydrogen-bond donors (Lipinski definition) is 1. The first-order chi connectivity index (χ1) is 8.63. The molecule has 0 saturated carbocycles. The van der Waals surface area contributed by atoms with Gasteiger partial charge in [-0.25, -0.2) is 0 Å². The van der Waals surface area contributed by atoms with Crippen molar-refractivity contribution in [3.05, 3.63) is 35.4 Å². The molecule has 0 aliphatic rings. The van der Waals surface area contributed by atoms with E-state index in [0.717, 1.165) is 18.4 Å². The molecule has 3 nitrogen and oxygen atoms in total. The molecule has 1 rings (SSSR count). The Labute approximate surface area is 109 Å². The number of aliphatic carboxylic acids is 1. The minimum absolute atomic E-state index is 0.0743. The largest absolute Gasteiger partial charge is 0.481 e. The summed E-state index contributed by atoms with van der Waals surface area (Å²) < 4.78 is 0. The van der Waals surface area contributed by atoms with Gasteiger partial charge >= 0.3 is 5.97 Å². The summed E-state index contributed by atoms with van der Waals surface area (Å²) in [6.07, 6.45) is 1.95. The summed E-state index contributed by atoms with van der Waals surface area (Å²) in [7, 11) is 0. The van der Waals surface area contributed by atoms with Gasteiger partial charge in [0.25, 0.3) is 0 Å². The Bertz CT molecular complexity index is 383. The fourth-order valence-electron chi connectivity index (χ4n) is 1.55. The van der Waals surface area contributed by atoms with E-state index in [1.165, 1.54) is 0 Å². The van der Waals surface area contributed by atoms with Crippen LogP contribution in [-0.2, 0) is 11.2 Å². The number of carboxylic acid groups (broad SMARTS) is 1. The molecule has 0 amide bonds. The molecular formula is C15H22O3. The average molecular weight is 250 g/mol. The summed E-state index contributed by atoms with van der Waals surface area (Å²) in [6.45, 7) is 6.08. The molecular weight excluding hydrogens is 228 g/mol. The number of carboxylic acids is 1. The van der Waals surface area contributed by atoms with Gasteiger partial charge in [-0.3, -0.25) is 9.59 Å². The van der Waals surface area contributed by atoms with Crippen molar-refractivity contribution in [3.8, 4) is 0 Å². The Hall–Kier alpha value is -1.64. The number of ketones is 1. The zero-order valence-corrected chi connectivity index (χ0v) is 11.4. The molecule has 3 heteroatoms. The number of aryl methyl sites for hydroxylation is 1. The average Bonchev–Trinajstić information content (AvgIpc) is 2.39. The van der Waals surface area contributed by atoms with Gasteiger partial charge in [0, 0.05) is 12.0 Å². The summed E-state index contributed by atoms with van der Waals surface area (Å²) in [5.74, 6) is -1.03. The van der Waals surface area contributed by atoms with Crippen LogP contribution in [0.15, 0.2) is 24.3 Å². The molecule has 0 aliphatic heterocycles. The highest BCUT2D eigenvalue weighted by molar-refractivity contribution is 5.97. The maximum atomic E-state index is 11.6. The van der Waals surface area contributed by atoms with Gasteiger partial charge in [-0.2, -0.15) is 0 Å². The molecule has 0 heterocycles. The predicted molar refractivity (Wildman–Crippen MR) is 73.0 cm³/mol. The Balaban J connectivity index is 0.00000137. The van der Waals surface area contributed by atoms with E-state index in [9.17, 15) is 9.59 Å². The van der Waals surface area contributed by atoms with Crippen LogP contribution in [0.1, 0.15) is 56.0 Å². The highest BCUT2D eigenvalue weighted by Gasteiger charge is 2.08. The van der Waals surface area contributed by atoms with Crippen molar-refractivity contribution in [2.45, 2.75) is 46.5 Å². The van der Waals surface area contributed by atoms with E-state index in [-0.39, 0.29) is 18.6 Å². The van der Waals surface area contributed by atoms with Gasteiger partial charge in [0.2, 0.25) is 0 Å². The Morgan fingerprint density at radius 1 is 1.17 bits per heavy atom. The van der Waals surface area contributed by atoms with Crippen LogP contribution >= 0.6 is 0 Å². The van der Waals surface area contributed by atoms with Gasteiger partial charge in [0.15, 0.2) is 5.78 Å². The minimum Gasteiger partial charge on any atom is -0.481 e. The van der Waals surface area contributed by atoms with E-state index in [1.807, 2.05) is 32.0 Å². The fraction of sp³-hybridized carbons (Fsp3) is 0.467. The van der Waals surface area contributed by atoms with Crippen LogP contribution in [0.3, 0.4) is 0 Å². The summed E-state index contributed by atoms with van der Waals surface area (Å²) in [6, 6.07) is 7.42. The van der Waals surface area contributed by atoms with Gasteiger partial charge in [-0.05, 0) is 18.1 Å². The molecule has 1 N–H and O–H groups in total. The van der Waals surface area contributed by atoms with Gasteiger partial charge in [0.05, 0.1) is 6.42 Å². The lowest BCUT2D eigenvalue weighted by Crippen LogP contribution is -2.04. The van der Waals surface area contributed by atoms with Crippen LogP contribution in [0.5, 0.6) is 0 Å². The van der Waals surface area contributed by atoms with Crippen molar-refractivity contribution in [2.24, 2.45) is 0 Å². The van der Waals surface area contributed by atoms with Crippen LogP contribution in [0.4, 0.5) is 0 Å². The molecule has 1 aromatic rings. The first-order valence-electron chi connectivity index (χ1n) is 6.47. The highest BCUT2D eigenvalue weighted by atomic mass is 16.4. The summed E-state index contributed by atoms with van der Waals surface area (Å²) in [4.78, 5) is 22.0. The van der Waals surface area contributed by atoms with Gasteiger partial charge in [0.1, 0.15) is 0 Å². The van der Waals surface area contributed by atoms with Gasteiger partial charge < -0.3 is 5.11 Å². The van der Waals surface area contributed by atoms with Crippen molar-refractivity contribution < 1.29 is 14.7 Å². The fourth-order valence-corrected chi connectivity index (χ4v) is 1.55. The number of benzene rings is 1. The lowest BCUT2D eigenvalue weighted by molar-refractivity contribution is -0.136. The second-order valence-electron chi connectivity index (χ2n) is 3.77. The maximum absolute atomic E-state index is 11.6. The Morgan fingerprint density at radius 3 is 2.39 bits per heavy atom. The second kappa shape index (κ2) is 9.40. The van der Waals surface area contributed by atoms with Crippen LogP contribution in [0, 0.1) is 0 Å². The summed E-state index contributed by atoms with van der Waals surface area (Å²) in [5.41, 5.74) is 1.75. The maximum Gasteiger partial charge on any atom is 0.303 e. The Kier molecular flexibility index (Phi) is 8.54. The molecule has 0 radical (unpaired) electrons. The van der Waals surface area contributed by atoms with E-state index in [1.54, 1.807) is 6.07 Å². The van der Waals surface area contributed by atoms with Gasteiger partial charge in [-0.1, -0.05) is 45.4 Å². The zero-order chi connectivity index (χ0) is 14.0. The zero-order valence-electron chi connectivity index (χ0n) is 11.4. The van der Waals surface area contributed by atoms with E-state index in [2.05, 4.69) is 6.92 Å². The number of carbonyl (C=O) groups excluding carboxylic acids is 1. The lowest BCUT2D eigenvalue weighted by atomic mass is 10.0. The molecule has 0 aromatic heterocycles. The third-order valence-corrected chi connectivity index (χ3v) is 2.35. The molecule has 100 valence electrons. The van der Waals surface area contributed by atoms with Crippen LogP contribution < -0.4 is 0 Å². The molecule has 0 spiro atoms. The SMILES string of the molecule is CC.CCCc1cccc(C(=O)CCC(=O)O)c1. The molecule has 0 fully saturated rings. The van der Waals surface area contributed by atoms with E-state index in [4.69, 9.17) is 5.11 Å². The normalized spacial score (nSPS) is 9.28. The van der Waals surface area contributed by atoms with E-state index >= 15 is 0 Å². The van der Waals surface area contributed by atoms with Crippen molar-refractivity contribution in [1.29, 1.82) is 0 Å². The summed E-state index contributed by atoms with van der Waals surface area (Å²) in [5, 5.41) is 8.50. The van der Waals surface area contributed by atoms with Crippen LogP contribution in [0.25, 0.3) is 0 Å². The monoisotopic (exact) mass is 250 g/mol. The lowest BCUT2D eigenvalue weighted by Gasteiger charge is -2.02. The van der Waals surface area contributed by atoms with E-state index < -0.39 is 5.97 Å². The first kappa shape index (κ1) is 16.4. The van der Waals surface area contributed by atoms with Crippen molar-refractivity contribution in [2.75, 3.05) is 0 Å². The van der Waals surface area contributed by atoms with E-state index in [0.29, 0.717) is 5.56 Å². The number of rotatable bonds is 6. The third-order valence-electron chi connectivity index (χ3n) is 2.35. The molecule has 0 unspecified atom stereocenters.